The molecule has 3 rings (SSSR count). The molecule has 278 valence electrons. The summed E-state index contributed by atoms with van der Waals surface area (Å²) in [4.78, 5) is 36.4. The van der Waals surface area contributed by atoms with Gasteiger partial charge in [0.2, 0.25) is 5.91 Å². The van der Waals surface area contributed by atoms with Crippen LogP contribution in [0.25, 0.3) is 0 Å². The second kappa shape index (κ2) is 21.3. The van der Waals surface area contributed by atoms with Gasteiger partial charge in [0, 0.05) is 13.0 Å². The Bertz CT molecular complexity index is 1690. The van der Waals surface area contributed by atoms with Crippen LogP contribution < -0.4 is 24.4 Å². The summed E-state index contributed by atoms with van der Waals surface area (Å²) >= 11 is 0. The molecule has 0 aliphatic heterocycles. The third-order valence-corrected chi connectivity index (χ3v) is 9.14. The van der Waals surface area contributed by atoms with E-state index < -0.39 is 32.7 Å². The predicted molar refractivity (Wildman–Crippen MR) is 184 cm³/mol. The Hall–Kier alpha value is -4.92. The van der Waals surface area contributed by atoms with E-state index in [0.717, 1.165) is 24.8 Å². The zero-order chi connectivity index (χ0) is 37.1. The van der Waals surface area contributed by atoms with Gasteiger partial charge >= 0.3 is 22.8 Å². The van der Waals surface area contributed by atoms with Gasteiger partial charge in [-0.05, 0) is 85.6 Å². The monoisotopic (exact) mass is 729 g/mol. The molecular formula is C36H47N3O11S. The molecule has 3 aromatic rings. The van der Waals surface area contributed by atoms with E-state index in [2.05, 4.69) is 41.1 Å². The zero-order valence-electron chi connectivity index (χ0n) is 29.3. The summed E-state index contributed by atoms with van der Waals surface area (Å²) in [6.07, 6.45) is 9.58. The number of methoxy groups -OCH3 is 1. The van der Waals surface area contributed by atoms with E-state index in [1.165, 1.54) is 31.4 Å². The number of amides is 1. The van der Waals surface area contributed by atoms with Crippen molar-refractivity contribution in [2.24, 2.45) is 5.92 Å². The standard InChI is InChI=1S/C36H47N3O11S/c1-27(2)15-9-4-5-12-18-32(40)37-26-28-19-20-30(31(25-28)46-3)49-34(42)22-21-33(41)47-23-13-6-7-14-24-48-35-36(39(43)50-38-35)51(44,45)29-16-10-8-11-17-29/h8-11,15-17,19-20,25,27H,4-7,12-14,18,21-24,26H2,1-3H3,(H,37,40)/b15-9+. The van der Waals surface area contributed by atoms with Crippen molar-refractivity contribution in [3.8, 4) is 17.4 Å². The van der Waals surface area contributed by atoms with Crippen molar-refractivity contribution in [3.63, 3.8) is 0 Å². The summed E-state index contributed by atoms with van der Waals surface area (Å²) in [5.41, 5.74) is 0.784. The van der Waals surface area contributed by atoms with Crippen LogP contribution in [-0.2, 0) is 35.5 Å². The maximum Gasteiger partial charge on any atom is 0.414 e. The number of hydrogen-bond acceptors (Lipinski definition) is 12. The first-order chi connectivity index (χ1) is 24.5. The number of ether oxygens (including phenoxy) is 4. The van der Waals surface area contributed by atoms with Crippen molar-refractivity contribution in [2.75, 3.05) is 20.3 Å². The first-order valence-electron chi connectivity index (χ1n) is 17.0. The maximum absolute atomic E-state index is 12.8. The van der Waals surface area contributed by atoms with E-state index >= 15 is 0 Å². The SMILES string of the molecule is COc1cc(CNC(=O)CCCC/C=C/C(C)C)ccc1OC(=O)CCC(=O)OCCCCCCOc1no[n+]([O-])c1S(=O)(=O)c1ccccc1. The van der Waals surface area contributed by atoms with Crippen LogP contribution in [0.15, 0.2) is 75.2 Å². The summed E-state index contributed by atoms with van der Waals surface area (Å²) in [5.74, 6) is -0.551. The average Bonchev–Trinajstić information content (AvgIpc) is 3.50. The Balaban J connectivity index is 1.27. The number of carbonyl (C=O) groups is 3. The number of nitrogens with one attached hydrogen (secondary N) is 1. The van der Waals surface area contributed by atoms with Gasteiger partial charge in [-0.2, -0.15) is 0 Å². The molecule has 0 bridgehead atoms. The third kappa shape index (κ3) is 14.1. The zero-order valence-corrected chi connectivity index (χ0v) is 30.2. The normalized spacial score (nSPS) is 11.5. The lowest BCUT2D eigenvalue weighted by Gasteiger charge is -2.12. The molecular weight excluding hydrogens is 682 g/mol. The van der Waals surface area contributed by atoms with Crippen molar-refractivity contribution in [1.29, 1.82) is 0 Å². The van der Waals surface area contributed by atoms with Crippen LogP contribution in [0, 0.1) is 11.1 Å². The molecule has 0 fully saturated rings. The number of hydrogen-bond donors (Lipinski definition) is 1. The number of carbonyl (C=O) groups excluding carboxylic acids is 3. The molecule has 14 nitrogen and oxygen atoms in total. The van der Waals surface area contributed by atoms with Gasteiger partial charge in [-0.1, -0.05) is 50.3 Å². The Morgan fingerprint density at radius 2 is 1.65 bits per heavy atom. The van der Waals surface area contributed by atoms with E-state index in [4.69, 9.17) is 18.9 Å². The number of aromatic nitrogens is 2. The Labute approximate surface area is 298 Å². The molecule has 51 heavy (non-hydrogen) atoms. The van der Waals surface area contributed by atoms with E-state index in [1.54, 1.807) is 24.3 Å². The van der Waals surface area contributed by atoms with E-state index in [1.807, 2.05) is 0 Å². The van der Waals surface area contributed by atoms with Crippen LogP contribution in [0.2, 0.25) is 0 Å². The summed E-state index contributed by atoms with van der Waals surface area (Å²) in [5, 5.41) is 17.6. The Morgan fingerprint density at radius 3 is 2.37 bits per heavy atom. The minimum Gasteiger partial charge on any atom is -0.493 e. The Kier molecular flexibility index (Phi) is 16.9. The minimum absolute atomic E-state index is 0.0347. The summed E-state index contributed by atoms with van der Waals surface area (Å²) in [6, 6.07) is 12.4. The molecule has 1 amide bonds. The number of allylic oxidation sites excluding steroid dienone is 2. The number of nitrogens with zero attached hydrogens (tertiary/aromatic N) is 2. The molecule has 0 aliphatic carbocycles. The molecule has 0 saturated heterocycles. The predicted octanol–water partition coefficient (Wildman–Crippen LogP) is 5.41. The first-order valence-corrected chi connectivity index (χ1v) is 18.5. The summed E-state index contributed by atoms with van der Waals surface area (Å²) in [6.45, 7) is 4.82. The second-order valence-corrected chi connectivity index (χ2v) is 13.9. The third-order valence-electron chi connectivity index (χ3n) is 7.42. The van der Waals surface area contributed by atoms with Gasteiger partial charge in [0.15, 0.2) is 11.5 Å². The Morgan fingerprint density at radius 1 is 0.922 bits per heavy atom. The second-order valence-electron chi connectivity index (χ2n) is 12.0. The molecule has 0 atom stereocenters. The minimum atomic E-state index is -4.19. The fraction of sp³-hybridized carbons (Fsp3) is 0.472. The van der Waals surface area contributed by atoms with E-state index in [-0.39, 0.29) is 47.5 Å². The molecule has 0 aliphatic rings. The molecule has 1 aromatic heterocycles. The van der Waals surface area contributed by atoms with Crippen molar-refractivity contribution in [3.05, 3.63) is 71.5 Å². The average molecular weight is 730 g/mol. The number of esters is 2. The highest BCUT2D eigenvalue weighted by atomic mass is 32.2. The van der Waals surface area contributed by atoms with Crippen LogP contribution in [-0.4, -0.2) is 51.7 Å². The quantitative estimate of drug-likeness (QED) is 0.0431. The molecule has 1 N–H and O–H groups in total. The molecule has 15 heteroatoms. The number of benzene rings is 2. The highest BCUT2D eigenvalue weighted by molar-refractivity contribution is 7.91. The topological polar surface area (TPSA) is 187 Å². The van der Waals surface area contributed by atoms with Crippen molar-refractivity contribution >= 4 is 27.7 Å². The van der Waals surface area contributed by atoms with Gasteiger partial charge in [0.25, 0.3) is 9.84 Å². The van der Waals surface area contributed by atoms with Crippen LogP contribution in [0.5, 0.6) is 17.4 Å². The lowest BCUT2D eigenvalue weighted by atomic mass is 10.1. The van der Waals surface area contributed by atoms with Gasteiger partial charge in [-0.15, -0.1) is 0 Å². The van der Waals surface area contributed by atoms with Gasteiger partial charge < -0.3 is 29.5 Å². The van der Waals surface area contributed by atoms with E-state index in [9.17, 15) is 28.0 Å². The van der Waals surface area contributed by atoms with Crippen molar-refractivity contribution in [2.45, 2.75) is 94.5 Å². The van der Waals surface area contributed by atoms with Gasteiger partial charge in [0.1, 0.15) is 0 Å². The maximum atomic E-state index is 12.8. The van der Waals surface area contributed by atoms with Crippen LogP contribution in [0.1, 0.15) is 83.6 Å². The lowest BCUT2D eigenvalue weighted by Crippen LogP contribution is -2.30. The van der Waals surface area contributed by atoms with Crippen LogP contribution >= 0.6 is 0 Å². The van der Waals surface area contributed by atoms with Crippen LogP contribution in [0.3, 0.4) is 0 Å². The largest absolute Gasteiger partial charge is 0.493 e. The molecule has 0 radical (unpaired) electrons. The first kappa shape index (κ1) is 40.5. The summed E-state index contributed by atoms with van der Waals surface area (Å²) < 4.78 is 51.4. The smallest absolute Gasteiger partial charge is 0.414 e. The van der Waals surface area contributed by atoms with E-state index in [0.29, 0.717) is 50.3 Å². The number of unbranched alkanes of at least 4 members (excludes halogenated alkanes) is 5. The summed E-state index contributed by atoms with van der Waals surface area (Å²) in [7, 11) is -2.74. The van der Waals surface area contributed by atoms with Gasteiger partial charge in [-0.3, -0.25) is 19.0 Å². The van der Waals surface area contributed by atoms with Crippen LogP contribution in [0.4, 0.5) is 0 Å². The molecule has 0 unspecified atom stereocenters. The highest BCUT2D eigenvalue weighted by Gasteiger charge is 2.35. The molecule has 1 heterocycles. The molecule has 0 spiro atoms. The molecule has 0 saturated carbocycles. The molecule has 2 aromatic carbocycles. The fourth-order valence-electron chi connectivity index (χ4n) is 4.71. The fourth-order valence-corrected chi connectivity index (χ4v) is 6.01. The van der Waals surface area contributed by atoms with Gasteiger partial charge in [-0.25, -0.2) is 8.42 Å². The number of sulfone groups is 1. The van der Waals surface area contributed by atoms with Gasteiger partial charge in [0.05, 0.1) is 43.2 Å². The lowest BCUT2D eigenvalue weighted by molar-refractivity contribution is -0.832. The van der Waals surface area contributed by atoms with Crippen molar-refractivity contribution in [1.82, 2.24) is 10.5 Å². The number of rotatable bonds is 23. The van der Waals surface area contributed by atoms with Crippen molar-refractivity contribution < 1.29 is 51.3 Å². The highest BCUT2D eigenvalue weighted by Crippen LogP contribution is 2.29.